The van der Waals surface area contributed by atoms with Gasteiger partial charge in [0, 0.05) is 10.0 Å². The Hall–Kier alpha value is -3.22. The Bertz CT molecular complexity index is 1220. The number of imidazole rings is 1. The summed E-state index contributed by atoms with van der Waals surface area (Å²) in [6.07, 6.45) is 0. The highest BCUT2D eigenvalue weighted by Gasteiger charge is 2.18. The van der Waals surface area contributed by atoms with Crippen LogP contribution in [0.4, 0.5) is 0 Å². The van der Waals surface area contributed by atoms with Crippen molar-refractivity contribution in [3.63, 3.8) is 0 Å². The Morgan fingerprint density at radius 3 is 2.21 bits per heavy atom. The molecule has 1 heterocycles. The zero-order valence-electron chi connectivity index (χ0n) is 18.0. The van der Waals surface area contributed by atoms with Crippen LogP contribution in [0.2, 0.25) is 10.0 Å². The zero-order chi connectivity index (χ0) is 23.2. The van der Waals surface area contributed by atoms with E-state index in [-0.39, 0.29) is 18.6 Å². The van der Waals surface area contributed by atoms with Crippen LogP contribution in [0, 0.1) is 0 Å². The highest BCUT2D eigenvalue weighted by molar-refractivity contribution is 6.30. The molecule has 0 aliphatic carbocycles. The molecule has 1 N–H and O–H groups in total. The monoisotopic (exact) mass is 483 g/mol. The van der Waals surface area contributed by atoms with Gasteiger partial charge in [-0.2, -0.15) is 0 Å². The molecule has 1 aromatic heterocycles. The molecule has 0 aliphatic rings. The van der Waals surface area contributed by atoms with E-state index in [0.717, 1.165) is 22.6 Å². The van der Waals surface area contributed by atoms with Crippen LogP contribution in [0.1, 0.15) is 18.8 Å². The summed E-state index contributed by atoms with van der Waals surface area (Å²) in [4.78, 5) is 17.2. The molecule has 33 heavy (non-hydrogen) atoms. The van der Waals surface area contributed by atoms with E-state index in [1.54, 1.807) is 36.4 Å². The summed E-state index contributed by atoms with van der Waals surface area (Å²) in [5, 5.41) is 4.24. The number of nitrogens with one attached hydrogen (secondary N) is 1. The Kier molecular flexibility index (Phi) is 7.37. The maximum absolute atomic E-state index is 12.5. The molecule has 1 amide bonds. The van der Waals surface area contributed by atoms with E-state index in [9.17, 15) is 4.79 Å². The predicted molar refractivity (Wildman–Crippen MR) is 130 cm³/mol. The lowest BCUT2D eigenvalue weighted by Gasteiger charge is -2.17. The van der Waals surface area contributed by atoms with E-state index >= 15 is 0 Å². The largest absolute Gasteiger partial charge is 0.492 e. The molecule has 0 fully saturated rings. The number of carbonyl (C=O) groups excluding carboxylic acids is 1. The zero-order valence-corrected chi connectivity index (χ0v) is 19.5. The summed E-state index contributed by atoms with van der Waals surface area (Å²) in [5.41, 5.74) is 1.84. The van der Waals surface area contributed by atoms with Crippen molar-refractivity contribution in [1.29, 1.82) is 0 Å². The minimum atomic E-state index is -0.325. The lowest BCUT2D eigenvalue weighted by molar-refractivity contribution is -0.123. The number of halogens is 2. The van der Waals surface area contributed by atoms with Gasteiger partial charge in [-0.1, -0.05) is 35.3 Å². The van der Waals surface area contributed by atoms with Crippen LogP contribution in [-0.4, -0.2) is 28.7 Å². The maximum atomic E-state index is 12.5. The van der Waals surface area contributed by atoms with Gasteiger partial charge < -0.3 is 19.4 Å². The van der Waals surface area contributed by atoms with Crippen LogP contribution >= 0.6 is 23.2 Å². The Morgan fingerprint density at radius 2 is 1.55 bits per heavy atom. The Morgan fingerprint density at radius 1 is 0.939 bits per heavy atom. The van der Waals surface area contributed by atoms with Gasteiger partial charge in [-0.3, -0.25) is 4.79 Å². The van der Waals surface area contributed by atoms with Gasteiger partial charge in [-0.25, -0.2) is 4.98 Å². The molecule has 4 rings (SSSR count). The van der Waals surface area contributed by atoms with Crippen molar-refractivity contribution in [3.05, 3.63) is 88.7 Å². The molecule has 3 aromatic carbocycles. The molecule has 0 saturated heterocycles. The molecule has 6 nitrogen and oxygen atoms in total. The fourth-order valence-corrected chi connectivity index (χ4v) is 3.72. The summed E-state index contributed by atoms with van der Waals surface area (Å²) >= 11 is 11.8. The number of hydrogen-bond donors (Lipinski definition) is 1. The van der Waals surface area contributed by atoms with Gasteiger partial charge in [-0.05, 0) is 67.6 Å². The number of rotatable bonds is 9. The third-order valence-corrected chi connectivity index (χ3v) is 5.53. The summed E-state index contributed by atoms with van der Waals surface area (Å²) in [6.45, 7) is 2.80. The quantitative estimate of drug-likeness (QED) is 0.332. The van der Waals surface area contributed by atoms with Crippen LogP contribution in [-0.2, 0) is 11.3 Å². The second kappa shape index (κ2) is 10.6. The fourth-order valence-electron chi connectivity index (χ4n) is 3.47. The van der Waals surface area contributed by atoms with Crippen molar-refractivity contribution in [2.24, 2.45) is 0 Å². The third-order valence-electron chi connectivity index (χ3n) is 5.03. The molecule has 0 saturated carbocycles. The lowest BCUT2D eigenvalue weighted by Crippen LogP contribution is -2.33. The molecular weight excluding hydrogens is 461 g/mol. The van der Waals surface area contributed by atoms with Gasteiger partial charge >= 0.3 is 0 Å². The SMILES string of the molecule is CC(NC(=O)COc1ccc(Cl)cc1)c1nc2ccccc2n1CCOc1ccc(Cl)cc1. The Balaban J connectivity index is 1.42. The van der Waals surface area contributed by atoms with Crippen molar-refractivity contribution in [2.45, 2.75) is 19.5 Å². The standard InChI is InChI=1S/C25H23Cl2N3O3/c1-17(28-24(31)16-33-21-12-8-19(27)9-13-21)25-29-22-4-2-3-5-23(22)30(25)14-15-32-20-10-6-18(26)7-11-20/h2-13,17H,14-16H2,1H3,(H,28,31). The van der Waals surface area contributed by atoms with Crippen LogP contribution in [0.3, 0.4) is 0 Å². The van der Waals surface area contributed by atoms with Crippen molar-refractivity contribution < 1.29 is 14.3 Å². The number of ether oxygens (including phenoxy) is 2. The normalized spacial score (nSPS) is 11.8. The molecule has 1 unspecified atom stereocenters. The van der Waals surface area contributed by atoms with Crippen LogP contribution < -0.4 is 14.8 Å². The highest BCUT2D eigenvalue weighted by atomic mass is 35.5. The molecule has 8 heteroatoms. The first-order chi connectivity index (χ1) is 16.0. The van der Waals surface area contributed by atoms with Gasteiger partial charge in [0.15, 0.2) is 6.61 Å². The van der Waals surface area contributed by atoms with E-state index in [4.69, 9.17) is 37.7 Å². The lowest BCUT2D eigenvalue weighted by atomic mass is 10.3. The number of benzene rings is 3. The molecule has 1 atom stereocenters. The molecular formula is C25H23Cl2N3O3. The van der Waals surface area contributed by atoms with Crippen molar-refractivity contribution >= 4 is 40.1 Å². The summed E-state index contributed by atoms with van der Waals surface area (Å²) in [5.74, 6) is 1.82. The number of amides is 1. The number of para-hydroxylation sites is 2. The molecule has 4 aromatic rings. The summed E-state index contributed by atoms with van der Waals surface area (Å²) in [6, 6.07) is 21.7. The number of aromatic nitrogens is 2. The van der Waals surface area contributed by atoms with Crippen molar-refractivity contribution in [2.75, 3.05) is 13.2 Å². The van der Waals surface area contributed by atoms with E-state index in [2.05, 4.69) is 9.88 Å². The second-order valence-corrected chi connectivity index (χ2v) is 8.32. The topological polar surface area (TPSA) is 65.4 Å². The van der Waals surface area contributed by atoms with E-state index in [1.165, 1.54) is 0 Å². The number of carbonyl (C=O) groups is 1. The van der Waals surface area contributed by atoms with E-state index < -0.39 is 0 Å². The highest BCUT2D eigenvalue weighted by Crippen LogP contribution is 2.22. The first-order valence-electron chi connectivity index (χ1n) is 10.5. The first kappa shape index (κ1) is 23.0. The van der Waals surface area contributed by atoms with Gasteiger partial charge in [0.25, 0.3) is 5.91 Å². The van der Waals surface area contributed by atoms with Gasteiger partial charge in [0.2, 0.25) is 0 Å². The minimum absolute atomic E-state index is 0.105. The summed E-state index contributed by atoms with van der Waals surface area (Å²) in [7, 11) is 0. The number of hydrogen-bond acceptors (Lipinski definition) is 4. The van der Waals surface area contributed by atoms with Crippen LogP contribution in [0.5, 0.6) is 11.5 Å². The van der Waals surface area contributed by atoms with Crippen LogP contribution in [0.25, 0.3) is 11.0 Å². The maximum Gasteiger partial charge on any atom is 0.258 e. The number of nitrogens with zero attached hydrogens (tertiary/aromatic N) is 2. The molecule has 0 radical (unpaired) electrons. The molecule has 0 spiro atoms. The van der Waals surface area contributed by atoms with Gasteiger partial charge in [-0.15, -0.1) is 0 Å². The number of fused-ring (bicyclic) bond motifs is 1. The first-order valence-corrected chi connectivity index (χ1v) is 11.3. The van der Waals surface area contributed by atoms with Crippen molar-refractivity contribution in [1.82, 2.24) is 14.9 Å². The average molecular weight is 484 g/mol. The summed E-state index contributed by atoms with van der Waals surface area (Å²) < 4.78 is 13.5. The molecule has 0 aliphatic heterocycles. The van der Waals surface area contributed by atoms with E-state index in [1.807, 2.05) is 43.3 Å². The molecule has 170 valence electrons. The predicted octanol–water partition coefficient (Wildman–Crippen LogP) is 5.68. The van der Waals surface area contributed by atoms with Crippen molar-refractivity contribution in [3.8, 4) is 11.5 Å². The average Bonchev–Trinajstić information content (AvgIpc) is 3.19. The van der Waals surface area contributed by atoms with Gasteiger partial charge in [0.05, 0.1) is 23.6 Å². The van der Waals surface area contributed by atoms with Gasteiger partial charge in [0.1, 0.15) is 23.9 Å². The second-order valence-electron chi connectivity index (χ2n) is 7.44. The van der Waals surface area contributed by atoms with Crippen LogP contribution in [0.15, 0.2) is 72.8 Å². The van der Waals surface area contributed by atoms with E-state index in [0.29, 0.717) is 28.9 Å². The minimum Gasteiger partial charge on any atom is -0.492 e. The fraction of sp³-hybridized carbons (Fsp3) is 0.200. The molecule has 0 bridgehead atoms. The smallest absolute Gasteiger partial charge is 0.258 e. The third kappa shape index (κ3) is 5.97. The Labute approximate surface area is 202 Å².